The second-order valence-electron chi connectivity index (χ2n) is 14.9. The smallest absolute Gasteiger partial charge is 0.143 e. The van der Waals surface area contributed by atoms with Gasteiger partial charge in [-0.2, -0.15) is 0 Å². The molecule has 0 radical (unpaired) electrons. The first kappa shape index (κ1) is 26.2. The van der Waals surface area contributed by atoms with Gasteiger partial charge < -0.3 is 4.42 Å². The first-order chi connectivity index (χ1) is 23.2. The zero-order chi connectivity index (χ0) is 30.7. The molecular formula is C46H36O. The molecule has 4 bridgehead atoms. The molecule has 226 valence electrons. The van der Waals surface area contributed by atoms with E-state index in [0.29, 0.717) is 0 Å². The Labute approximate surface area is 275 Å². The minimum atomic E-state index is 0.127. The highest BCUT2D eigenvalue weighted by atomic mass is 16.3. The summed E-state index contributed by atoms with van der Waals surface area (Å²) in [5.41, 5.74) is 15.8. The van der Waals surface area contributed by atoms with Gasteiger partial charge in [0.1, 0.15) is 11.2 Å². The summed E-state index contributed by atoms with van der Waals surface area (Å²) in [5.74, 6) is 3.32. The van der Waals surface area contributed by atoms with E-state index in [1.807, 2.05) is 0 Å². The molecule has 7 aromatic rings. The highest BCUT2D eigenvalue weighted by Crippen LogP contribution is 2.69. The van der Waals surface area contributed by atoms with E-state index in [-0.39, 0.29) is 5.41 Å². The van der Waals surface area contributed by atoms with Crippen LogP contribution in [0.2, 0.25) is 0 Å². The quantitative estimate of drug-likeness (QED) is 0.196. The monoisotopic (exact) mass is 604 g/mol. The van der Waals surface area contributed by atoms with Crippen LogP contribution < -0.4 is 0 Å². The highest BCUT2D eigenvalue weighted by molar-refractivity contribution is 6.09. The first-order valence-corrected chi connectivity index (χ1v) is 17.6. The predicted octanol–water partition coefficient (Wildman–Crippen LogP) is 12.3. The summed E-state index contributed by atoms with van der Waals surface area (Å²) in [4.78, 5) is 0. The van der Waals surface area contributed by atoms with Gasteiger partial charge in [0.05, 0.1) is 0 Å². The lowest BCUT2D eigenvalue weighted by Crippen LogP contribution is -2.55. The number of hydrogen-bond acceptors (Lipinski definition) is 1. The first-order valence-electron chi connectivity index (χ1n) is 17.6. The minimum Gasteiger partial charge on any atom is -0.455 e. The maximum Gasteiger partial charge on any atom is 0.143 e. The molecule has 47 heavy (non-hydrogen) atoms. The van der Waals surface area contributed by atoms with Gasteiger partial charge in [-0.05, 0) is 124 Å². The van der Waals surface area contributed by atoms with Crippen LogP contribution in [0.1, 0.15) is 43.2 Å². The molecule has 0 saturated heterocycles. The van der Waals surface area contributed by atoms with Gasteiger partial charge in [-0.25, -0.2) is 0 Å². The van der Waals surface area contributed by atoms with Crippen LogP contribution in [0.5, 0.6) is 0 Å². The van der Waals surface area contributed by atoms with Crippen LogP contribution in [0.25, 0.3) is 66.4 Å². The number of para-hydroxylation sites is 2. The Kier molecular flexibility index (Phi) is 5.34. The molecule has 1 nitrogen and oxygen atoms in total. The van der Waals surface area contributed by atoms with Crippen LogP contribution in [0.15, 0.2) is 138 Å². The second kappa shape index (κ2) is 9.58. The summed E-state index contributed by atoms with van der Waals surface area (Å²) in [6.07, 6.45) is 7.03. The summed E-state index contributed by atoms with van der Waals surface area (Å²) < 4.78 is 6.52. The lowest BCUT2D eigenvalue weighted by atomic mass is 9.43. The molecule has 1 spiro atoms. The van der Waals surface area contributed by atoms with Crippen molar-refractivity contribution in [3.05, 3.63) is 145 Å². The fourth-order valence-corrected chi connectivity index (χ4v) is 11.0. The average Bonchev–Trinajstić information content (AvgIpc) is 3.64. The third-order valence-corrected chi connectivity index (χ3v) is 12.7. The average molecular weight is 605 g/mol. The third-order valence-electron chi connectivity index (χ3n) is 12.7. The van der Waals surface area contributed by atoms with Crippen molar-refractivity contribution < 1.29 is 4.42 Å². The van der Waals surface area contributed by atoms with E-state index in [4.69, 9.17) is 4.42 Å². The standard InChI is InChI=1S/C46H36O/c1-2-7-30(8-3-1)31-13-15-32(16-14-31)33-17-19-38-41-26-34(37-10-6-11-40-39-9-4-5-12-44(39)47-45(37)40)18-20-42(41)46(43(38)27-33)35-22-28-21-29(24-35)25-36(46)23-28/h1-20,26-29,35-36H,21-25H2. The van der Waals surface area contributed by atoms with Crippen molar-refractivity contribution in [1.29, 1.82) is 0 Å². The Morgan fingerprint density at radius 3 is 1.85 bits per heavy atom. The molecule has 0 unspecified atom stereocenters. The molecule has 0 N–H and O–H groups in total. The van der Waals surface area contributed by atoms with Crippen molar-refractivity contribution >= 4 is 21.9 Å². The fourth-order valence-electron chi connectivity index (χ4n) is 11.0. The van der Waals surface area contributed by atoms with E-state index in [1.165, 1.54) is 87.4 Å². The molecule has 5 aliphatic rings. The topological polar surface area (TPSA) is 13.1 Å². The van der Waals surface area contributed by atoms with Crippen molar-refractivity contribution in [3.8, 4) is 44.5 Å². The van der Waals surface area contributed by atoms with E-state index in [9.17, 15) is 0 Å². The molecule has 1 heterocycles. The van der Waals surface area contributed by atoms with Gasteiger partial charge in [-0.15, -0.1) is 0 Å². The Morgan fingerprint density at radius 1 is 0.426 bits per heavy atom. The van der Waals surface area contributed by atoms with E-state index in [0.717, 1.165) is 34.8 Å². The Morgan fingerprint density at radius 2 is 1.06 bits per heavy atom. The number of fused-ring (bicyclic) bond motifs is 6. The molecule has 4 fully saturated rings. The zero-order valence-electron chi connectivity index (χ0n) is 26.5. The van der Waals surface area contributed by atoms with Gasteiger partial charge in [0.2, 0.25) is 0 Å². The van der Waals surface area contributed by atoms with Gasteiger partial charge in [-0.1, -0.05) is 115 Å². The maximum absolute atomic E-state index is 6.52. The largest absolute Gasteiger partial charge is 0.455 e. The number of rotatable bonds is 3. The van der Waals surface area contributed by atoms with Crippen LogP contribution >= 0.6 is 0 Å². The molecule has 0 amide bonds. The summed E-state index contributed by atoms with van der Waals surface area (Å²) in [6, 6.07) is 49.9. The predicted molar refractivity (Wildman–Crippen MR) is 193 cm³/mol. The van der Waals surface area contributed by atoms with E-state index in [1.54, 1.807) is 11.1 Å². The molecular weight excluding hydrogens is 569 g/mol. The van der Waals surface area contributed by atoms with E-state index >= 15 is 0 Å². The maximum atomic E-state index is 6.52. The Hall–Kier alpha value is -4.88. The van der Waals surface area contributed by atoms with E-state index in [2.05, 4.69) is 133 Å². The van der Waals surface area contributed by atoms with Crippen molar-refractivity contribution in [3.63, 3.8) is 0 Å². The molecule has 1 heteroatoms. The van der Waals surface area contributed by atoms with Crippen LogP contribution in [0.4, 0.5) is 0 Å². The fraction of sp³-hybridized carbons (Fsp3) is 0.217. The van der Waals surface area contributed by atoms with Gasteiger partial charge in [0.25, 0.3) is 0 Å². The summed E-state index contributed by atoms with van der Waals surface area (Å²) in [7, 11) is 0. The third kappa shape index (κ3) is 3.61. The zero-order valence-corrected chi connectivity index (χ0v) is 26.5. The molecule has 6 aromatic carbocycles. The normalized spacial score (nSPS) is 25.1. The van der Waals surface area contributed by atoms with Crippen molar-refractivity contribution in [1.82, 2.24) is 0 Å². The van der Waals surface area contributed by atoms with Crippen LogP contribution in [0, 0.1) is 23.7 Å². The minimum absolute atomic E-state index is 0.127. The van der Waals surface area contributed by atoms with Crippen molar-refractivity contribution in [2.75, 3.05) is 0 Å². The molecule has 0 atom stereocenters. The summed E-state index contributed by atoms with van der Waals surface area (Å²) in [6.45, 7) is 0. The van der Waals surface area contributed by atoms with Crippen LogP contribution in [0.3, 0.4) is 0 Å². The molecule has 5 aliphatic carbocycles. The number of hydrogen-bond donors (Lipinski definition) is 0. The Bertz CT molecular complexity index is 2330. The van der Waals surface area contributed by atoms with Crippen molar-refractivity contribution in [2.45, 2.75) is 37.5 Å². The lowest BCUT2D eigenvalue weighted by molar-refractivity contribution is -0.0399. The second-order valence-corrected chi connectivity index (χ2v) is 14.9. The van der Waals surface area contributed by atoms with Gasteiger partial charge in [0, 0.05) is 21.8 Å². The number of furan rings is 1. The van der Waals surface area contributed by atoms with Gasteiger partial charge in [-0.3, -0.25) is 0 Å². The molecule has 4 saturated carbocycles. The van der Waals surface area contributed by atoms with Crippen LogP contribution in [-0.4, -0.2) is 0 Å². The molecule has 12 rings (SSSR count). The summed E-state index contributed by atoms with van der Waals surface area (Å²) >= 11 is 0. The SMILES string of the molecule is c1ccc(-c2ccc(-c3ccc4c(c3)C3(c5ccc(-c6cccc7c6oc6ccccc67)cc5-4)C4CC5CC(C4)CC3C5)cc2)cc1. The molecule has 0 aliphatic heterocycles. The Balaban J connectivity index is 1.09. The van der Waals surface area contributed by atoms with Gasteiger partial charge >= 0.3 is 0 Å². The van der Waals surface area contributed by atoms with Crippen molar-refractivity contribution in [2.24, 2.45) is 23.7 Å². The molecule has 1 aromatic heterocycles. The lowest BCUT2D eigenvalue weighted by Gasteiger charge is -2.61. The van der Waals surface area contributed by atoms with Crippen LogP contribution in [-0.2, 0) is 5.41 Å². The summed E-state index contributed by atoms with van der Waals surface area (Å²) in [5, 5.41) is 2.38. The number of benzene rings is 6. The van der Waals surface area contributed by atoms with Gasteiger partial charge in [0.15, 0.2) is 0 Å². The highest BCUT2D eigenvalue weighted by Gasteiger charge is 2.61. The van der Waals surface area contributed by atoms with E-state index < -0.39 is 0 Å².